The highest BCUT2D eigenvalue weighted by atomic mass is 32.2. The van der Waals surface area contributed by atoms with Gasteiger partial charge in [-0.15, -0.1) is 5.10 Å². The zero-order chi connectivity index (χ0) is 16.8. The van der Waals surface area contributed by atoms with Crippen molar-refractivity contribution in [1.82, 2.24) is 5.32 Å². The highest BCUT2D eigenvalue weighted by Gasteiger charge is 2.16. The number of nitrogens with zero attached hydrogens (tertiary/aromatic N) is 2. The molecular weight excluding hydrogens is 330 g/mol. The Hall–Kier alpha value is -2.92. The van der Waals surface area contributed by atoms with Crippen molar-refractivity contribution >= 4 is 61.4 Å². The van der Waals surface area contributed by atoms with E-state index in [0.717, 1.165) is 10.9 Å². The van der Waals surface area contributed by atoms with Crippen LogP contribution < -0.4 is 5.32 Å². The van der Waals surface area contributed by atoms with Gasteiger partial charge in [-0.05, 0) is 32.3 Å². The van der Waals surface area contributed by atoms with E-state index >= 15 is 0 Å². The summed E-state index contributed by atoms with van der Waals surface area (Å²) in [4.78, 5) is 11.2. The summed E-state index contributed by atoms with van der Waals surface area (Å²) in [7, 11) is 0. The lowest BCUT2D eigenvalue weighted by Crippen LogP contribution is -2.19. The van der Waals surface area contributed by atoms with E-state index < -0.39 is 0 Å². The Kier molecular flexibility index (Phi) is 3.21. The van der Waals surface area contributed by atoms with Crippen molar-refractivity contribution < 1.29 is 4.79 Å². The van der Waals surface area contributed by atoms with Crippen LogP contribution in [-0.2, 0) is 4.79 Å². The lowest BCUT2D eigenvalue weighted by molar-refractivity contribution is -0.116. The maximum atomic E-state index is 11.2. The minimum Gasteiger partial charge on any atom is -0.303 e. The Balaban J connectivity index is 1.67. The number of amides is 1. The quantitative estimate of drug-likeness (QED) is 0.338. The highest BCUT2D eigenvalue weighted by molar-refractivity contribution is 8.15. The van der Waals surface area contributed by atoms with Gasteiger partial charge in [0.1, 0.15) is 0 Å². The van der Waals surface area contributed by atoms with Crippen LogP contribution in [0.4, 0.5) is 0 Å². The first kappa shape index (κ1) is 14.4. The Bertz CT molecular complexity index is 1180. The molecule has 1 N–H and O–H groups in total. The summed E-state index contributed by atoms with van der Waals surface area (Å²) in [5.74, 6) is 0.384. The van der Waals surface area contributed by atoms with Crippen molar-refractivity contribution in [2.45, 2.75) is 0 Å². The molecule has 5 heteroatoms. The summed E-state index contributed by atoms with van der Waals surface area (Å²) in [6, 6.07) is 19.2. The van der Waals surface area contributed by atoms with Crippen LogP contribution in [0.2, 0.25) is 0 Å². The van der Waals surface area contributed by atoms with Gasteiger partial charge in [-0.2, -0.15) is 5.10 Å². The molecule has 1 aliphatic rings. The molecule has 120 valence electrons. The third kappa shape index (κ3) is 2.36. The van der Waals surface area contributed by atoms with E-state index in [1.165, 1.54) is 38.7 Å². The van der Waals surface area contributed by atoms with Gasteiger partial charge in [0, 0.05) is 5.56 Å². The van der Waals surface area contributed by atoms with Crippen LogP contribution in [0, 0.1) is 0 Å². The molecule has 1 saturated heterocycles. The van der Waals surface area contributed by atoms with E-state index in [2.05, 4.69) is 70.1 Å². The van der Waals surface area contributed by atoms with Crippen molar-refractivity contribution in [3.63, 3.8) is 0 Å². The molecule has 0 unspecified atom stereocenters. The Labute approximate surface area is 148 Å². The molecule has 4 aromatic rings. The lowest BCUT2D eigenvalue weighted by Gasteiger charge is -2.11. The van der Waals surface area contributed by atoms with E-state index in [0.29, 0.717) is 10.9 Å². The van der Waals surface area contributed by atoms with E-state index in [9.17, 15) is 4.79 Å². The van der Waals surface area contributed by atoms with E-state index in [1.54, 1.807) is 6.21 Å². The first-order valence-corrected chi connectivity index (χ1v) is 8.98. The Morgan fingerprint density at radius 2 is 1.64 bits per heavy atom. The molecule has 0 radical (unpaired) electrons. The molecule has 0 aliphatic carbocycles. The van der Waals surface area contributed by atoms with Gasteiger partial charge >= 0.3 is 0 Å². The van der Waals surface area contributed by atoms with E-state index in [-0.39, 0.29) is 5.91 Å². The molecule has 1 amide bonds. The van der Waals surface area contributed by atoms with Gasteiger partial charge in [0.2, 0.25) is 5.91 Å². The SMILES string of the molecule is O=C1CS/C(=N/N=C/c2ccc3ccc4cccc5ccc2c3c45)N1. The number of thioether (sulfide) groups is 1. The van der Waals surface area contributed by atoms with Crippen LogP contribution in [-0.4, -0.2) is 23.0 Å². The maximum Gasteiger partial charge on any atom is 0.236 e. The lowest BCUT2D eigenvalue weighted by atomic mass is 9.92. The molecule has 25 heavy (non-hydrogen) atoms. The molecule has 1 heterocycles. The van der Waals surface area contributed by atoms with Crippen molar-refractivity contribution in [2.75, 3.05) is 5.75 Å². The molecular formula is C20H13N3OS. The summed E-state index contributed by atoms with van der Waals surface area (Å²) < 4.78 is 0. The van der Waals surface area contributed by atoms with Crippen LogP contribution in [0.15, 0.2) is 64.8 Å². The Morgan fingerprint density at radius 3 is 2.40 bits per heavy atom. The number of carbonyl (C=O) groups excluding carboxylic acids is 1. The molecule has 1 aliphatic heterocycles. The molecule has 0 saturated carbocycles. The van der Waals surface area contributed by atoms with Crippen molar-refractivity contribution in [2.24, 2.45) is 10.2 Å². The van der Waals surface area contributed by atoms with E-state index in [1.807, 2.05) is 0 Å². The molecule has 0 spiro atoms. The topological polar surface area (TPSA) is 53.8 Å². The zero-order valence-electron chi connectivity index (χ0n) is 13.2. The molecule has 1 fully saturated rings. The predicted molar refractivity (Wildman–Crippen MR) is 106 cm³/mol. The number of amidine groups is 1. The van der Waals surface area contributed by atoms with Gasteiger partial charge in [-0.1, -0.05) is 66.4 Å². The smallest absolute Gasteiger partial charge is 0.236 e. The largest absolute Gasteiger partial charge is 0.303 e. The minimum atomic E-state index is -0.0262. The van der Waals surface area contributed by atoms with Crippen molar-refractivity contribution in [1.29, 1.82) is 0 Å². The Morgan fingerprint density at radius 1 is 0.920 bits per heavy atom. The number of rotatable bonds is 2. The van der Waals surface area contributed by atoms with Gasteiger partial charge in [-0.3, -0.25) is 4.79 Å². The van der Waals surface area contributed by atoms with Gasteiger partial charge in [-0.25, -0.2) is 0 Å². The second-order valence-electron chi connectivity index (χ2n) is 6.00. The van der Waals surface area contributed by atoms with Crippen LogP contribution in [0.1, 0.15) is 5.56 Å². The van der Waals surface area contributed by atoms with Crippen molar-refractivity contribution in [3.8, 4) is 0 Å². The van der Waals surface area contributed by atoms with Crippen LogP contribution in [0.3, 0.4) is 0 Å². The highest BCUT2D eigenvalue weighted by Crippen LogP contribution is 2.35. The van der Waals surface area contributed by atoms with Crippen LogP contribution in [0.25, 0.3) is 32.3 Å². The van der Waals surface area contributed by atoms with E-state index in [4.69, 9.17) is 0 Å². The second kappa shape index (κ2) is 5.57. The number of benzene rings is 4. The summed E-state index contributed by atoms with van der Waals surface area (Å²) >= 11 is 1.37. The molecule has 0 aromatic heterocycles. The average Bonchev–Trinajstić information content (AvgIpc) is 3.06. The standard InChI is InChI=1S/C20H13N3OS/c24-17-11-25-20(22-17)23-21-10-15-7-6-14-5-4-12-2-1-3-13-8-9-16(15)19(14)18(12)13/h1-10H,11H2,(H,22,23,24)/b21-10+. The fourth-order valence-electron chi connectivity index (χ4n) is 3.39. The normalized spacial score (nSPS) is 16.8. The van der Waals surface area contributed by atoms with Crippen LogP contribution in [0.5, 0.6) is 0 Å². The predicted octanol–water partition coefficient (Wildman–Crippen LogP) is 4.14. The molecule has 5 rings (SSSR count). The summed E-state index contributed by atoms with van der Waals surface area (Å²) in [5.41, 5.74) is 1.02. The minimum absolute atomic E-state index is 0.0262. The molecule has 0 bridgehead atoms. The number of hydrogen-bond acceptors (Lipinski definition) is 4. The first-order valence-electron chi connectivity index (χ1n) is 8.00. The van der Waals surface area contributed by atoms with Crippen molar-refractivity contribution in [3.05, 3.63) is 60.2 Å². The number of nitrogens with one attached hydrogen (secondary N) is 1. The molecule has 0 atom stereocenters. The third-order valence-electron chi connectivity index (χ3n) is 4.49. The molecule has 4 aromatic carbocycles. The summed E-state index contributed by atoms with van der Waals surface area (Å²) in [5, 5.41) is 18.9. The number of carbonyl (C=O) groups is 1. The average molecular weight is 343 g/mol. The van der Waals surface area contributed by atoms with Gasteiger partial charge in [0.15, 0.2) is 5.17 Å². The summed E-state index contributed by atoms with van der Waals surface area (Å²) in [6.07, 6.45) is 1.75. The monoisotopic (exact) mass is 343 g/mol. The van der Waals surface area contributed by atoms with Gasteiger partial charge in [0.05, 0.1) is 12.0 Å². The summed E-state index contributed by atoms with van der Waals surface area (Å²) in [6.45, 7) is 0. The fraction of sp³-hybridized carbons (Fsp3) is 0.0500. The second-order valence-corrected chi connectivity index (χ2v) is 6.96. The number of hydrogen-bond donors (Lipinski definition) is 1. The van der Waals surface area contributed by atoms with Gasteiger partial charge < -0.3 is 5.32 Å². The molecule has 4 nitrogen and oxygen atoms in total. The first-order chi connectivity index (χ1) is 12.3. The van der Waals surface area contributed by atoms with Gasteiger partial charge in [0.25, 0.3) is 0 Å². The maximum absolute atomic E-state index is 11.2. The third-order valence-corrected chi connectivity index (χ3v) is 5.36. The zero-order valence-corrected chi connectivity index (χ0v) is 14.0. The van der Waals surface area contributed by atoms with Crippen LogP contribution >= 0.6 is 11.8 Å². The fourth-order valence-corrected chi connectivity index (χ4v) is 4.02.